The van der Waals surface area contributed by atoms with Crippen molar-refractivity contribution in [3.05, 3.63) is 45.4 Å². The third-order valence-corrected chi connectivity index (χ3v) is 5.96. The van der Waals surface area contributed by atoms with E-state index < -0.39 is 0 Å². The molecule has 1 fully saturated rings. The second kappa shape index (κ2) is 7.54. The molecular weight excluding hydrogens is 334 g/mol. The number of thiophene rings is 1. The zero-order chi connectivity index (χ0) is 18.0. The second-order valence-corrected chi connectivity index (χ2v) is 7.84. The highest BCUT2D eigenvalue weighted by atomic mass is 32.1. The highest BCUT2D eigenvalue weighted by molar-refractivity contribution is 7.09. The van der Waals surface area contributed by atoms with E-state index in [0.29, 0.717) is 6.54 Å². The molecule has 1 amide bonds. The number of nitrogens with one attached hydrogen (secondary N) is 1. The van der Waals surface area contributed by atoms with E-state index in [1.165, 1.54) is 9.78 Å². The molecule has 1 N–H and O–H groups in total. The van der Waals surface area contributed by atoms with Crippen LogP contribution in [0.1, 0.15) is 33.5 Å². The fourth-order valence-corrected chi connectivity index (χ4v) is 4.21. The van der Waals surface area contributed by atoms with Crippen LogP contribution in [0.25, 0.3) is 0 Å². The molecule has 2 aromatic rings. The normalized spacial score (nSPS) is 15.6. The third-order valence-electron chi connectivity index (χ3n) is 5.09. The topological polar surface area (TPSA) is 46.8 Å². The quantitative estimate of drug-likeness (QED) is 0.813. The summed E-state index contributed by atoms with van der Waals surface area (Å²) in [6, 6.07) is 6.21. The highest BCUT2D eigenvalue weighted by Gasteiger charge is 2.25. The standard InChI is InChI=1S/C19H25N3O2S/c1-14-11-18(15(2)22(14)12-17-5-4-10-25-17)19(24)13-20-6-8-21(9-7-20)16(3)23/h4-5,10-11H,6-9,12-13H2,1-3H3/p+1. The Morgan fingerprint density at radius 3 is 2.56 bits per heavy atom. The maximum Gasteiger partial charge on any atom is 0.219 e. The summed E-state index contributed by atoms with van der Waals surface area (Å²) in [7, 11) is 0. The molecule has 1 saturated heterocycles. The van der Waals surface area contributed by atoms with Gasteiger partial charge in [0.05, 0.1) is 32.7 Å². The molecular formula is C19H26N3O2S+. The largest absolute Gasteiger partial charge is 0.343 e. The first-order valence-corrected chi connectivity index (χ1v) is 9.65. The van der Waals surface area contributed by atoms with Gasteiger partial charge < -0.3 is 14.4 Å². The number of hydrogen-bond acceptors (Lipinski definition) is 3. The SMILES string of the molecule is CC(=O)N1CC[NH+](CC(=O)c2cc(C)n(Cc3cccs3)c2C)CC1. The maximum atomic E-state index is 12.8. The van der Waals surface area contributed by atoms with Crippen molar-refractivity contribution in [2.75, 3.05) is 32.7 Å². The number of hydrogen-bond donors (Lipinski definition) is 1. The van der Waals surface area contributed by atoms with Crippen LogP contribution in [0.5, 0.6) is 0 Å². The van der Waals surface area contributed by atoms with Crippen molar-refractivity contribution in [3.8, 4) is 0 Å². The van der Waals surface area contributed by atoms with Crippen LogP contribution in [-0.4, -0.2) is 53.9 Å². The summed E-state index contributed by atoms with van der Waals surface area (Å²) < 4.78 is 2.22. The Labute approximate surface area is 152 Å². The fourth-order valence-electron chi connectivity index (χ4n) is 3.52. The molecule has 0 saturated carbocycles. The average molecular weight is 361 g/mol. The number of ketones is 1. The second-order valence-electron chi connectivity index (χ2n) is 6.81. The number of quaternary nitrogens is 1. The summed E-state index contributed by atoms with van der Waals surface area (Å²) in [5.74, 6) is 0.333. The van der Waals surface area contributed by atoms with E-state index in [2.05, 4.69) is 29.0 Å². The monoisotopic (exact) mass is 360 g/mol. The van der Waals surface area contributed by atoms with E-state index in [1.807, 2.05) is 17.9 Å². The molecule has 0 spiro atoms. The van der Waals surface area contributed by atoms with Gasteiger partial charge in [0.25, 0.3) is 0 Å². The predicted octanol–water partition coefficient (Wildman–Crippen LogP) is 1.14. The van der Waals surface area contributed by atoms with Crippen LogP contribution in [0, 0.1) is 13.8 Å². The van der Waals surface area contributed by atoms with E-state index in [0.717, 1.165) is 49.7 Å². The van der Waals surface area contributed by atoms with Crippen LogP contribution in [-0.2, 0) is 11.3 Å². The summed E-state index contributed by atoms with van der Waals surface area (Å²) in [5, 5.41) is 2.08. The molecule has 0 unspecified atom stereocenters. The van der Waals surface area contributed by atoms with Crippen molar-refractivity contribution in [3.63, 3.8) is 0 Å². The van der Waals surface area contributed by atoms with Gasteiger partial charge in [-0.25, -0.2) is 0 Å². The van der Waals surface area contributed by atoms with Crippen molar-refractivity contribution in [2.45, 2.75) is 27.3 Å². The lowest BCUT2D eigenvalue weighted by atomic mass is 10.1. The Kier molecular flexibility index (Phi) is 5.39. The number of aryl methyl sites for hydroxylation is 1. The van der Waals surface area contributed by atoms with Gasteiger partial charge in [-0.05, 0) is 31.4 Å². The number of piperazine rings is 1. The van der Waals surface area contributed by atoms with Gasteiger partial charge in [0, 0.05) is 28.8 Å². The smallest absolute Gasteiger partial charge is 0.219 e. The summed E-state index contributed by atoms with van der Waals surface area (Å²) >= 11 is 1.74. The lowest BCUT2D eigenvalue weighted by Gasteiger charge is -2.31. The fraction of sp³-hybridized carbons (Fsp3) is 0.474. The zero-order valence-corrected chi connectivity index (χ0v) is 16.0. The van der Waals surface area contributed by atoms with E-state index >= 15 is 0 Å². The molecule has 134 valence electrons. The molecule has 6 heteroatoms. The van der Waals surface area contributed by atoms with Crippen LogP contribution in [0.15, 0.2) is 23.6 Å². The molecule has 0 bridgehead atoms. The Morgan fingerprint density at radius 2 is 1.96 bits per heavy atom. The van der Waals surface area contributed by atoms with E-state index in [1.54, 1.807) is 18.3 Å². The van der Waals surface area contributed by atoms with Crippen molar-refractivity contribution >= 4 is 23.0 Å². The molecule has 25 heavy (non-hydrogen) atoms. The number of carbonyl (C=O) groups excluding carboxylic acids is 2. The number of nitrogens with zero attached hydrogens (tertiary/aromatic N) is 2. The predicted molar refractivity (Wildman–Crippen MR) is 99.5 cm³/mol. The lowest BCUT2D eigenvalue weighted by Crippen LogP contribution is -3.15. The lowest BCUT2D eigenvalue weighted by molar-refractivity contribution is -0.895. The molecule has 0 aliphatic carbocycles. The van der Waals surface area contributed by atoms with E-state index in [-0.39, 0.29) is 11.7 Å². The molecule has 0 aromatic carbocycles. The minimum Gasteiger partial charge on any atom is -0.343 e. The first-order valence-electron chi connectivity index (χ1n) is 8.77. The maximum absolute atomic E-state index is 12.8. The van der Waals surface area contributed by atoms with Crippen LogP contribution >= 0.6 is 11.3 Å². The molecule has 0 radical (unpaired) electrons. The highest BCUT2D eigenvalue weighted by Crippen LogP contribution is 2.19. The van der Waals surface area contributed by atoms with Gasteiger partial charge in [-0.3, -0.25) is 9.59 Å². The first-order chi connectivity index (χ1) is 12.0. The van der Waals surface area contributed by atoms with Crippen LogP contribution in [0.4, 0.5) is 0 Å². The van der Waals surface area contributed by atoms with Crippen LogP contribution in [0.3, 0.4) is 0 Å². The van der Waals surface area contributed by atoms with Gasteiger partial charge in [0.15, 0.2) is 0 Å². The summed E-state index contributed by atoms with van der Waals surface area (Å²) in [6.07, 6.45) is 0. The van der Waals surface area contributed by atoms with Crippen molar-refractivity contribution in [2.24, 2.45) is 0 Å². The Morgan fingerprint density at radius 1 is 1.24 bits per heavy atom. The Bertz CT molecular complexity index is 756. The van der Waals surface area contributed by atoms with Crippen molar-refractivity contribution < 1.29 is 14.5 Å². The summed E-state index contributed by atoms with van der Waals surface area (Å²) in [6.45, 7) is 10.2. The average Bonchev–Trinajstić information content (AvgIpc) is 3.19. The van der Waals surface area contributed by atoms with Gasteiger partial charge in [-0.2, -0.15) is 0 Å². The van der Waals surface area contributed by atoms with E-state index in [9.17, 15) is 9.59 Å². The minimum atomic E-state index is 0.127. The molecule has 0 atom stereocenters. The molecule has 3 rings (SSSR count). The Hall–Kier alpha value is -1.92. The van der Waals surface area contributed by atoms with Gasteiger partial charge in [0.1, 0.15) is 6.54 Å². The number of Topliss-reactive ketones (excluding diaryl/α,β-unsaturated/α-hetero) is 1. The minimum absolute atomic E-state index is 0.127. The van der Waals surface area contributed by atoms with Crippen LogP contribution < -0.4 is 4.90 Å². The van der Waals surface area contributed by atoms with Crippen molar-refractivity contribution in [1.82, 2.24) is 9.47 Å². The van der Waals surface area contributed by atoms with Gasteiger partial charge in [-0.15, -0.1) is 11.3 Å². The third kappa shape index (κ3) is 4.02. The van der Waals surface area contributed by atoms with Gasteiger partial charge >= 0.3 is 0 Å². The number of aromatic nitrogens is 1. The van der Waals surface area contributed by atoms with Gasteiger partial charge in [-0.1, -0.05) is 6.07 Å². The number of carbonyl (C=O) groups is 2. The molecule has 5 nitrogen and oxygen atoms in total. The van der Waals surface area contributed by atoms with Crippen LogP contribution in [0.2, 0.25) is 0 Å². The molecule has 2 aromatic heterocycles. The van der Waals surface area contributed by atoms with Gasteiger partial charge in [0.2, 0.25) is 11.7 Å². The van der Waals surface area contributed by atoms with Crippen molar-refractivity contribution in [1.29, 1.82) is 0 Å². The molecule has 3 heterocycles. The molecule has 1 aliphatic rings. The van der Waals surface area contributed by atoms with E-state index in [4.69, 9.17) is 0 Å². The number of rotatable bonds is 5. The summed E-state index contributed by atoms with van der Waals surface area (Å²) in [5.41, 5.74) is 3.03. The number of amides is 1. The summed E-state index contributed by atoms with van der Waals surface area (Å²) in [4.78, 5) is 28.6. The molecule has 1 aliphatic heterocycles. The first kappa shape index (κ1) is 17.9. The zero-order valence-electron chi connectivity index (χ0n) is 15.2. The Balaban J connectivity index is 1.66.